The zero-order valence-electron chi connectivity index (χ0n) is 12.0. The molecule has 114 valence electrons. The molecule has 2 amide bonds. The molecule has 1 N–H and O–H groups in total. The van der Waals surface area contributed by atoms with Crippen molar-refractivity contribution in [1.29, 1.82) is 0 Å². The molecule has 0 radical (unpaired) electrons. The highest BCUT2D eigenvalue weighted by atomic mass is 32.2. The fourth-order valence-electron chi connectivity index (χ4n) is 2.38. The summed E-state index contributed by atoms with van der Waals surface area (Å²) in [4.78, 5) is 24.9. The molecule has 1 aromatic rings. The Bertz CT molecular complexity index is 669. The van der Waals surface area contributed by atoms with Crippen LogP contribution in [0.2, 0.25) is 0 Å². The SMILES string of the molecule is CC(=O)Nc1cccc(C(=O)N(C)[C@H]2CCS(=O)(=O)C2)c1. The standard InChI is InChI=1S/C14H18N2O4S/c1-10(17)15-12-5-3-4-11(8-12)14(18)16(2)13-6-7-21(19,20)9-13/h3-5,8,13H,6-7,9H2,1-2H3,(H,15,17)/t13-/m0/s1. The van der Waals surface area contributed by atoms with Gasteiger partial charge in [0.15, 0.2) is 9.84 Å². The van der Waals surface area contributed by atoms with E-state index in [2.05, 4.69) is 5.32 Å². The Labute approximate surface area is 124 Å². The van der Waals surface area contributed by atoms with Crippen molar-refractivity contribution < 1.29 is 18.0 Å². The van der Waals surface area contributed by atoms with Crippen LogP contribution < -0.4 is 5.32 Å². The first-order valence-electron chi connectivity index (χ1n) is 6.64. The van der Waals surface area contributed by atoms with Gasteiger partial charge in [-0.05, 0) is 24.6 Å². The first-order chi connectivity index (χ1) is 9.78. The number of nitrogens with zero attached hydrogens (tertiary/aromatic N) is 1. The van der Waals surface area contributed by atoms with E-state index in [4.69, 9.17) is 0 Å². The quantitative estimate of drug-likeness (QED) is 0.899. The second-order valence-electron chi connectivity index (χ2n) is 5.23. The van der Waals surface area contributed by atoms with Crippen LogP contribution >= 0.6 is 0 Å². The minimum absolute atomic E-state index is 0.0145. The topological polar surface area (TPSA) is 83.6 Å². The van der Waals surface area contributed by atoms with Crippen molar-refractivity contribution in [2.24, 2.45) is 0 Å². The molecular formula is C14H18N2O4S. The van der Waals surface area contributed by atoms with Crippen molar-refractivity contribution in [2.45, 2.75) is 19.4 Å². The minimum atomic E-state index is -3.03. The Morgan fingerprint density at radius 2 is 2.05 bits per heavy atom. The first-order valence-corrected chi connectivity index (χ1v) is 8.46. The average Bonchev–Trinajstić information content (AvgIpc) is 2.77. The van der Waals surface area contributed by atoms with Crippen molar-refractivity contribution in [1.82, 2.24) is 4.90 Å². The third-order valence-electron chi connectivity index (χ3n) is 3.51. The number of hydrogen-bond donors (Lipinski definition) is 1. The maximum absolute atomic E-state index is 12.4. The predicted molar refractivity (Wildman–Crippen MR) is 79.9 cm³/mol. The maximum atomic E-state index is 12.4. The summed E-state index contributed by atoms with van der Waals surface area (Å²) < 4.78 is 23.0. The second kappa shape index (κ2) is 5.85. The van der Waals surface area contributed by atoms with E-state index >= 15 is 0 Å². The molecule has 1 aliphatic heterocycles. The highest BCUT2D eigenvalue weighted by molar-refractivity contribution is 7.91. The van der Waals surface area contributed by atoms with Gasteiger partial charge in [-0.2, -0.15) is 0 Å². The van der Waals surface area contributed by atoms with Gasteiger partial charge in [-0.15, -0.1) is 0 Å². The van der Waals surface area contributed by atoms with Crippen LogP contribution in [0.25, 0.3) is 0 Å². The van der Waals surface area contributed by atoms with Gasteiger partial charge in [0.2, 0.25) is 5.91 Å². The highest BCUT2D eigenvalue weighted by Gasteiger charge is 2.33. The number of amides is 2. The average molecular weight is 310 g/mol. The zero-order chi connectivity index (χ0) is 15.6. The normalized spacial score (nSPS) is 20.0. The van der Waals surface area contributed by atoms with E-state index in [0.29, 0.717) is 17.7 Å². The molecule has 1 aliphatic rings. The molecule has 1 aromatic carbocycles. The fraction of sp³-hybridized carbons (Fsp3) is 0.429. The van der Waals surface area contributed by atoms with Crippen molar-refractivity contribution in [3.63, 3.8) is 0 Å². The summed E-state index contributed by atoms with van der Waals surface area (Å²) in [5.41, 5.74) is 0.967. The lowest BCUT2D eigenvalue weighted by Crippen LogP contribution is -2.37. The predicted octanol–water partition coefficient (Wildman–Crippen LogP) is 0.904. The molecule has 1 fully saturated rings. The molecule has 0 spiro atoms. The van der Waals surface area contributed by atoms with Gasteiger partial charge < -0.3 is 10.2 Å². The molecule has 0 aliphatic carbocycles. The molecule has 0 saturated carbocycles. The fourth-order valence-corrected chi connectivity index (χ4v) is 4.16. The zero-order valence-corrected chi connectivity index (χ0v) is 12.8. The number of benzene rings is 1. The van der Waals surface area contributed by atoms with E-state index in [9.17, 15) is 18.0 Å². The summed E-state index contributed by atoms with van der Waals surface area (Å²) in [5, 5.41) is 2.62. The molecule has 1 saturated heterocycles. The molecule has 0 bridgehead atoms. The van der Waals surface area contributed by atoms with Crippen molar-refractivity contribution in [3.8, 4) is 0 Å². The number of sulfone groups is 1. The van der Waals surface area contributed by atoms with Gasteiger partial charge in [0.1, 0.15) is 0 Å². The molecule has 0 aromatic heterocycles. The van der Waals surface area contributed by atoms with Crippen molar-refractivity contribution in [3.05, 3.63) is 29.8 Å². The van der Waals surface area contributed by atoms with Crippen LogP contribution in [0.4, 0.5) is 5.69 Å². The lowest BCUT2D eigenvalue weighted by atomic mass is 10.1. The summed E-state index contributed by atoms with van der Waals surface area (Å²) >= 11 is 0. The molecule has 7 heteroatoms. The Kier molecular flexibility index (Phi) is 4.32. The number of carbonyl (C=O) groups is 2. The Morgan fingerprint density at radius 1 is 1.33 bits per heavy atom. The van der Waals surface area contributed by atoms with Gasteiger partial charge >= 0.3 is 0 Å². The van der Waals surface area contributed by atoms with E-state index in [-0.39, 0.29) is 29.4 Å². The largest absolute Gasteiger partial charge is 0.338 e. The van der Waals surface area contributed by atoms with Crippen LogP contribution in [0.15, 0.2) is 24.3 Å². The second-order valence-corrected chi connectivity index (χ2v) is 7.46. The number of hydrogen-bond acceptors (Lipinski definition) is 4. The van der Waals surface area contributed by atoms with Crippen molar-refractivity contribution in [2.75, 3.05) is 23.9 Å². The van der Waals surface area contributed by atoms with Gasteiger partial charge in [0.25, 0.3) is 5.91 Å². The summed E-state index contributed by atoms with van der Waals surface area (Å²) in [6, 6.07) is 6.32. The van der Waals surface area contributed by atoms with Crippen LogP contribution in [0.1, 0.15) is 23.7 Å². The van der Waals surface area contributed by atoms with Gasteiger partial charge in [0, 0.05) is 31.3 Å². The van der Waals surface area contributed by atoms with E-state index in [0.717, 1.165) is 0 Å². The summed E-state index contributed by atoms with van der Waals surface area (Å²) in [6.45, 7) is 1.39. The molecule has 1 heterocycles. The van der Waals surface area contributed by atoms with E-state index in [1.165, 1.54) is 11.8 Å². The Hall–Kier alpha value is -1.89. The van der Waals surface area contributed by atoms with Crippen LogP contribution in [0.3, 0.4) is 0 Å². The maximum Gasteiger partial charge on any atom is 0.253 e. The van der Waals surface area contributed by atoms with Gasteiger partial charge in [0.05, 0.1) is 11.5 Å². The Morgan fingerprint density at radius 3 is 2.62 bits per heavy atom. The third-order valence-corrected chi connectivity index (χ3v) is 5.26. The Balaban J connectivity index is 2.14. The number of rotatable bonds is 3. The number of nitrogens with one attached hydrogen (secondary N) is 1. The molecule has 21 heavy (non-hydrogen) atoms. The summed E-state index contributed by atoms with van der Waals surface area (Å²) in [6.07, 6.45) is 0.468. The summed E-state index contributed by atoms with van der Waals surface area (Å²) in [7, 11) is -1.42. The third kappa shape index (κ3) is 3.81. The first kappa shape index (κ1) is 15.5. The monoisotopic (exact) mass is 310 g/mol. The number of anilines is 1. The molecule has 1 atom stereocenters. The number of carbonyl (C=O) groups excluding carboxylic acids is 2. The van der Waals surface area contributed by atoms with E-state index in [1.807, 2.05) is 0 Å². The van der Waals surface area contributed by atoms with Gasteiger partial charge in [-0.3, -0.25) is 9.59 Å². The van der Waals surface area contributed by atoms with Gasteiger partial charge in [-0.1, -0.05) is 6.07 Å². The van der Waals surface area contributed by atoms with Gasteiger partial charge in [-0.25, -0.2) is 8.42 Å². The van der Waals surface area contributed by atoms with Crippen LogP contribution in [0, 0.1) is 0 Å². The van der Waals surface area contributed by atoms with Crippen LogP contribution in [0.5, 0.6) is 0 Å². The molecule has 6 nitrogen and oxygen atoms in total. The van der Waals surface area contributed by atoms with Crippen molar-refractivity contribution >= 4 is 27.3 Å². The van der Waals surface area contributed by atoms with E-state index in [1.54, 1.807) is 31.3 Å². The summed E-state index contributed by atoms with van der Waals surface area (Å²) in [5.74, 6) is -0.318. The smallest absolute Gasteiger partial charge is 0.253 e. The van der Waals surface area contributed by atoms with E-state index < -0.39 is 9.84 Å². The van der Waals surface area contributed by atoms with Crippen LogP contribution in [-0.2, 0) is 14.6 Å². The highest BCUT2D eigenvalue weighted by Crippen LogP contribution is 2.19. The van der Waals surface area contributed by atoms with Crippen LogP contribution in [-0.4, -0.2) is 49.7 Å². The molecule has 2 rings (SSSR count). The molecular weight excluding hydrogens is 292 g/mol. The minimum Gasteiger partial charge on any atom is -0.338 e. The lowest BCUT2D eigenvalue weighted by Gasteiger charge is -2.23. The lowest BCUT2D eigenvalue weighted by molar-refractivity contribution is -0.114. The molecule has 0 unspecified atom stereocenters.